The first kappa shape index (κ1) is 21.3. The third-order valence-corrected chi connectivity index (χ3v) is 5.73. The van der Waals surface area contributed by atoms with E-state index in [4.69, 9.17) is 14.2 Å². The normalized spacial score (nSPS) is 17.3. The molecule has 1 aliphatic carbocycles. The van der Waals surface area contributed by atoms with Crippen molar-refractivity contribution in [2.45, 2.75) is 50.2 Å². The van der Waals surface area contributed by atoms with Crippen LogP contribution in [0.3, 0.4) is 0 Å². The van der Waals surface area contributed by atoms with Crippen molar-refractivity contribution in [3.8, 4) is 17.4 Å². The molecule has 1 saturated carbocycles. The number of nitrogens with one attached hydrogen (secondary N) is 1. The number of ether oxygens (including phenoxy) is 3. The molecule has 1 aromatic carbocycles. The third-order valence-electron chi connectivity index (χ3n) is 5.73. The molecule has 9 heteroatoms. The molecule has 0 spiro atoms. The van der Waals surface area contributed by atoms with Crippen LogP contribution in [0.15, 0.2) is 36.5 Å². The molecule has 1 fully saturated rings. The molecular weight excluding hydrogens is 413 g/mol. The van der Waals surface area contributed by atoms with Gasteiger partial charge in [0.1, 0.15) is 0 Å². The van der Waals surface area contributed by atoms with E-state index in [9.17, 15) is 18.0 Å². The molecule has 0 unspecified atom stereocenters. The number of carbonyl (C=O) groups is 1. The first-order valence-corrected chi connectivity index (χ1v) is 10.2. The highest BCUT2D eigenvalue weighted by molar-refractivity contribution is 5.88. The zero-order valence-corrected chi connectivity index (χ0v) is 16.8. The number of carbonyl (C=O) groups excluding carboxylic acids is 1. The molecule has 2 aromatic rings. The summed E-state index contributed by atoms with van der Waals surface area (Å²) in [6.07, 6.45) is 1.13. The van der Waals surface area contributed by atoms with Crippen molar-refractivity contribution in [1.82, 2.24) is 10.3 Å². The summed E-state index contributed by atoms with van der Waals surface area (Å²) in [6, 6.07) is 8.74. The number of hydrogen-bond acceptors (Lipinski definition) is 5. The van der Waals surface area contributed by atoms with Crippen molar-refractivity contribution in [3.05, 3.63) is 47.7 Å². The average Bonchev–Trinajstić information content (AvgIpc) is 3.24. The van der Waals surface area contributed by atoms with Crippen molar-refractivity contribution in [2.75, 3.05) is 13.4 Å². The van der Waals surface area contributed by atoms with Crippen LogP contribution in [0.1, 0.15) is 43.2 Å². The van der Waals surface area contributed by atoms with Crippen LogP contribution in [0.5, 0.6) is 17.4 Å². The SMILES string of the molecule is O=C(NCc1cccnc1OCC(F)(F)F)C1(c2ccc3c(c2)OCO3)CCCCC1. The van der Waals surface area contributed by atoms with E-state index < -0.39 is 18.2 Å². The van der Waals surface area contributed by atoms with Crippen molar-refractivity contribution in [1.29, 1.82) is 0 Å². The molecular formula is C22H23F3N2O4. The second kappa shape index (κ2) is 8.64. The molecule has 0 radical (unpaired) electrons. The average molecular weight is 436 g/mol. The first-order valence-electron chi connectivity index (χ1n) is 10.2. The number of fused-ring (bicyclic) bond motifs is 1. The van der Waals surface area contributed by atoms with E-state index in [1.165, 1.54) is 6.20 Å². The first-order chi connectivity index (χ1) is 14.9. The summed E-state index contributed by atoms with van der Waals surface area (Å²) in [5.74, 6) is 0.958. The van der Waals surface area contributed by atoms with Gasteiger partial charge in [-0.2, -0.15) is 13.2 Å². The molecule has 2 heterocycles. The zero-order valence-electron chi connectivity index (χ0n) is 16.8. The second-order valence-corrected chi connectivity index (χ2v) is 7.77. The Balaban J connectivity index is 1.52. The van der Waals surface area contributed by atoms with Gasteiger partial charge >= 0.3 is 6.18 Å². The minimum absolute atomic E-state index is 0.0200. The topological polar surface area (TPSA) is 69.7 Å². The van der Waals surface area contributed by atoms with Gasteiger partial charge in [-0.3, -0.25) is 4.79 Å². The fourth-order valence-electron chi connectivity index (χ4n) is 4.18. The van der Waals surface area contributed by atoms with Crippen LogP contribution in [0, 0.1) is 0 Å². The lowest BCUT2D eigenvalue weighted by atomic mass is 9.68. The quantitative estimate of drug-likeness (QED) is 0.733. The predicted molar refractivity (Wildman–Crippen MR) is 105 cm³/mol. The Morgan fingerprint density at radius 2 is 1.90 bits per heavy atom. The maximum atomic E-state index is 13.4. The summed E-state index contributed by atoms with van der Waals surface area (Å²) in [7, 11) is 0. The predicted octanol–water partition coefficient (Wildman–Crippen LogP) is 4.27. The van der Waals surface area contributed by atoms with Crippen LogP contribution in [-0.4, -0.2) is 30.5 Å². The lowest BCUT2D eigenvalue weighted by Gasteiger charge is -2.36. The van der Waals surface area contributed by atoms with Gasteiger partial charge < -0.3 is 19.5 Å². The largest absolute Gasteiger partial charge is 0.468 e. The second-order valence-electron chi connectivity index (χ2n) is 7.77. The van der Waals surface area contributed by atoms with Gasteiger partial charge in [0.25, 0.3) is 0 Å². The number of alkyl halides is 3. The highest BCUT2D eigenvalue weighted by Gasteiger charge is 2.41. The van der Waals surface area contributed by atoms with Gasteiger partial charge in [-0.25, -0.2) is 4.98 Å². The summed E-state index contributed by atoms with van der Waals surface area (Å²) in [4.78, 5) is 17.3. The number of nitrogens with zero attached hydrogens (tertiary/aromatic N) is 1. The van der Waals surface area contributed by atoms with Gasteiger partial charge in [0, 0.05) is 18.3 Å². The molecule has 166 valence electrons. The Morgan fingerprint density at radius 3 is 2.68 bits per heavy atom. The fourth-order valence-corrected chi connectivity index (χ4v) is 4.18. The molecule has 6 nitrogen and oxygen atoms in total. The smallest absolute Gasteiger partial charge is 0.422 e. The summed E-state index contributed by atoms with van der Waals surface area (Å²) >= 11 is 0. The van der Waals surface area contributed by atoms with E-state index in [1.54, 1.807) is 12.1 Å². The van der Waals surface area contributed by atoms with E-state index in [2.05, 4.69) is 10.3 Å². The molecule has 31 heavy (non-hydrogen) atoms. The highest BCUT2D eigenvalue weighted by Crippen LogP contribution is 2.43. The summed E-state index contributed by atoms with van der Waals surface area (Å²) in [5, 5.41) is 2.90. The van der Waals surface area contributed by atoms with Crippen molar-refractivity contribution in [2.24, 2.45) is 0 Å². The molecule has 2 aliphatic rings. The molecule has 0 saturated heterocycles. The fraction of sp³-hybridized carbons (Fsp3) is 0.455. The Labute approximate surface area is 177 Å². The van der Waals surface area contributed by atoms with Gasteiger partial charge in [0.2, 0.25) is 18.6 Å². The molecule has 4 rings (SSSR count). The molecule has 1 aliphatic heterocycles. The molecule has 0 atom stereocenters. The number of benzene rings is 1. The van der Waals surface area contributed by atoms with E-state index in [0.717, 1.165) is 24.8 Å². The van der Waals surface area contributed by atoms with Crippen LogP contribution in [0.4, 0.5) is 13.2 Å². The highest BCUT2D eigenvalue weighted by atomic mass is 19.4. The maximum Gasteiger partial charge on any atom is 0.422 e. The number of halogens is 3. The minimum Gasteiger partial charge on any atom is -0.468 e. The van der Waals surface area contributed by atoms with Crippen LogP contribution in [0.2, 0.25) is 0 Å². The Morgan fingerprint density at radius 1 is 1.13 bits per heavy atom. The van der Waals surface area contributed by atoms with Crippen LogP contribution >= 0.6 is 0 Å². The van der Waals surface area contributed by atoms with Gasteiger partial charge in [0.05, 0.1) is 5.41 Å². The lowest BCUT2D eigenvalue weighted by Crippen LogP contribution is -2.45. The minimum atomic E-state index is -4.47. The van der Waals surface area contributed by atoms with E-state index in [0.29, 0.717) is 29.9 Å². The van der Waals surface area contributed by atoms with Gasteiger partial charge in [-0.1, -0.05) is 31.4 Å². The third kappa shape index (κ3) is 4.70. The standard InChI is InChI=1S/C22H23F3N2O4/c23-22(24,25)13-29-19-15(5-4-10-26-19)12-27-20(28)21(8-2-1-3-9-21)16-6-7-17-18(11-16)31-14-30-17/h4-7,10-11H,1-3,8-9,12-14H2,(H,27,28). The van der Waals surface area contributed by atoms with E-state index >= 15 is 0 Å². The van der Waals surface area contributed by atoms with E-state index in [1.807, 2.05) is 18.2 Å². The van der Waals surface area contributed by atoms with Gasteiger partial charge in [0.15, 0.2) is 18.1 Å². The van der Waals surface area contributed by atoms with Crippen LogP contribution in [0.25, 0.3) is 0 Å². The van der Waals surface area contributed by atoms with Crippen molar-refractivity contribution < 1.29 is 32.2 Å². The Bertz CT molecular complexity index is 943. The molecule has 1 aromatic heterocycles. The van der Waals surface area contributed by atoms with Gasteiger partial charge in [-0.05, 0) is 36.6 Å². The van der Waals surface area contributed by atoms with Crippen LogP contribution < -0.4 is 19.5 Å². The number of aromatic nitrogens is 1. The Kier molecular flexibility index (Phi) is 5.93. The number of rotatable bonds is 6. The summed E-state index contributed by atoms with van der Waals surface area (Å²) in [6.45, 7) is -1.27. The lowest BCUT2D eigenvalue weighted by molar-refractivity contribution is -0.154. The maximum absolute atomic E-state index is 13.4. The van der Waals surface area contributed by atoms with Gasteiger partial charge in [-0.15, -0.1) is 0 Å². The number of amides is 1. The summed E-state index contributed by atoms with van der Waals surface area (Å²) < 4.78 is 53.2. The Hall–Kier alpha value is -2.97. The van der Waals surface area contributed by atoms with Crippen molar-refractivity contribution in [3.63, 3.8) is 0 Å². The molecule has 0 bridgehead atoms. The number of pyridine rings is 1. The summed E-state index contributed by atoms with van der Waals surface area (Å²) in [5.41, 5.74) is 0.513. The van der Waals surface area contributed by atoms with E-state index in [-0.39, 0.29) is 25.1 Å². The van der Waals surface area contributed by atoms with Crippen LogP contribution in [-0.2, 0) is 16.8 Å². The number of hydrogen-bond donors (Lipinski definition) is 1. The molecule has 1 N–H and O–H groups in total. The zero-order chi connectivity index (χ0) is 21.9. The molecule has 1 amide bonds. The van der Waals surface area contributed by atoms with Crippen molar-refractivity contribution >= 4 is 5.91 Å². The monoisotopic (exact) mass is 436 g/mol.